The molecular formula is C140H122F4Si4. The monoisotopic (exact) mass is 1990 g/mol. The van der Waals surface area contributed by atoms with Crippen LogP contribution in [0.4, 0.5) is 17.6 Å². The van der Waals surface area contributed by atoms with Crippen LogP contribution in [0, 0.1) is 23.3 Å². The van der Waals surface area contributed by atoms with Crippen molar-refractivity contribution >= 4 is 150 Å². The summed E-state index contributed by atoms with van der Waals surface area (Å²) in [6.07, 6.45) is 4.16. The van der Waals surface area contributed by atoms with Crippen molar-refractivity contribution in [3.63, 3.8) is 0 Å². The first-order valence-corrected chi connectivity index (χ1v) is 66.5. The van der Waals surface area contributed by atoms with Crippen molar-refractivity contribution < 1.29 is 17.6 Å². The molecule has 24 rings (SSSR count). The second-order valence-corrected chi connectivity index (χ2v) is 64.9. The molecule has 8 heteroatoms. The predicted molar refractivity (Wildman–Crippen MR) is 645 cm³/mol. The summed E-state index contributed by atoms with van der Waals surface area (Å²) in [5.41, 5.74) is 33.2. The molecule has 0 bridgehead atoms. The summed E-state index contributed by atoms with van der Waals surface area (Å²) in [5.74, 6) is -1.28. The topological polar surface area (TPSA) is 0 Å². The summed E-state index contributed by atoms with van der Waals surface area (Å²) >= 11 is 0. The average Bonchev–Trinajstić information content (AvgIpc) is 0.713. The van der Waals surface area contributed by atoms with E-state index < -0.39 is 32.3 Å². The van der Waals surface area contributed by atoms with Crippen LogP contribution in [-0.4, -0.2) is 32.3 Å². The molecule has 726 valence electrons. The van der Waals surface area contributed by atoms with Gasteiger partial charge in [0.2, 0.25) is 0 Å². The standard InChI is InChI=1S/C52H58Si4.C48H42.C40H22F4/c1-53(2,3)39-21-13-35(14-22-39)47-33-48(36-15-23-40(24-16-36)54(4,5)6)44-31-32-46-50(38-19-27-42(28-20-38)56(10,11)12)34-49(45-30-29-43(47)51(44)52(45)46)37-17-25-41(26-18-37)55(7,8)9;1-5-31-9-17-35(18-10-31)43-29-44(36-19-11-32(6-2)12-20-36)40-27-28-42-46(38-23-15-34(8-4)16-24-38)30-45(37-21-13-33(7-3)14-22-37)41-26-25-39(43)47(40)48(41)42;41-27-9-1-23(2-10-27)35-21-36(24-3-11-28(42)12-4-24)32-19-20-34-38(26-7-15-30(44)16-8-26)22-37(25-5-13-29(43)14-6-25)33-18-17-31(35)39(32)40(33)34/h13-34H,1-12H3;9-30H,5-8H2,1-4H3;1-22H. The quantitative estimate of drug-likeness (QED) is 0.0405. The van der Waals surface area contributed by atoms with Gasteiger partial charge in [0.1, 0.15) is 23.3 Å². The second kappa shape index (κ2) is 39.0. The van der Waals surface area contributed by atoms with Gasteiger partial charge in [-0.25, -0.2) is 17.6 Å². The van der Waals surface area contributed by atoms with Gasteiger partial charge < -0.3 is 0 Å². The lowest BCUT2D eigenvalue weighted by molar-refractivity contribution is 0.627. The second-order valence-electron chi connectivity index (χ2n) is 44.6. The third-order valence-corrected chi connectivity index (χ3v) is 39.5. The molecule has 0 unspecified atom stereocenters. The average molecular weight is 1990 g/mol. The fourth-order valence-corrected chi connectivity index (χ4v) is 27.3. The van der Waals surface area contributed by atoms with Crippen LogP contribution in [0.3, 0.4) is 0 Å². The van der Waals surface area contributed by atoms with Crippen molar-refractivity contribution in [2.45, 2.75) is 132 Å². The van der Waals surface area contributed by atoms with Crippen LogP contribution in [-0.2, 0) is 25.7 Å². The number of aryl methyl sites for hydroxylation is 4. The maximum Gasteiger partial charge on any atom is 0.123 e. The van der Waals surface area contributed by atoms with Crippen LogP contribution in [0.5, 0.6) is 0 Å². The summed E-state index contributed by atoms with van der Waals surface area (Å²) in [6.45, 7) is 38.2. The van der Waals surface area contributed by atoms with Gasteiger partial charge in [-0.1, -0.05) is 442 Å². The zero-order chi connectivity index (χ0) is 103. The van der Waals surface area contributed by atoms with E-state index in [2.05, 4.69) is 410 Å². The van der Waals surface area contributed by atoms with Gasteiger partial charge in [0.15, 0.2) is 0 Å². The summed E-state index contributed by atoms with van der Waals surface area (Å²) in [6, 6.07) is 142. The smallest absolute Gasteiger partial charge is 0.123 e. The molecule has 0 nitrogen and oxygen atoms in total. The van der Waals surface area contributed by atoms with Crippen LogP contribution in [0.25, 0.3) is 230 Å². The number of rotatable bonds is 20. The van der Waals surface area contributed by atoms with E-state index in [1.807, 2.05) is 0 Å². The molecule has 148 heavy (non-hydrogen) atoms. The molecule has 0 saturated carbocycles. The lowest BCUT2D eigenvalue weighted by atomic mass is 9.81. The van der Waals surface area contributed by atoms with Gasteiger partial charge in [0.05, 0.1) is 32.3 Å². The predicted octanol–water partition coefficient (Wildman–Crippen LogP) is 38.7. The van der Waals surface area contributed by atoms with Crippen LogP contribution in [0.1, 0.15) is 49.9 Å². The molecule has 0 aliphatic rings. The third-order valence-electron chi connectivity index (χ3n) is 31.3. The van der Waals surface area contributed by atoms with Crippen molar-refractivity contribution in [1.82, 2.24) is 0 Å². The van der Waals surface area contributed by atoms with E-state index in [1.165, 1.54) is 245 Å². The molecule has 0 atom stereocenters. The van der Waals surface area contributed by atoms with Gasteiger partial charge in [-0.15, -0.1) is 0 Å². The molecule has 0 spiro atoms. The summed E-state index contributed by atoms with van der Waals surface area (Å²) < 4.78 is 56.0. The Kier molecular flexibility index (Phi) is 25.7. The first kappa shape index (κ1) is 97.7. The molecule has 0 amide bonds. The Morgan fingerprint density at radius 1 is 0.135 bits per heavy atom. The van der Waals surface area contributed by atoms with Crippen molar-refractivity contribution in [1.29, 1.82) is 0 Å². The minimum Gasteiger partial charge on any atom is -0.207 e. The number of benzene rings is 24. The van der Waals surface area contributed by atoms with Crippen LogP contribution in [0.2, 0.25) is 78.6 Å². The van der Waals surface area contributed by atoms with Crippen molar-refractivity contribution in [2.75, 3.05) is 0 Å². The molecule has 0 fully saturated rings. The van der Waals surface area contributed by atoms with E-state index in [4.69, 9.17) is 0 Å². The van der Waals surface area contributed by atoms with E-state index in [0.717, 1.165) is 103 Å². The Morgan fingerprint density at radius 3 is 0.338 bits per heavy atom. The van der Waals surface area contributed by atoms with E-state index in [-0.39, 0.29) is 23.3 Å². The summed E-state index contributed by atoms with van der Waals surface area (Å²) in [5, 5.41) is 27.9. The largest absolute Gasteiger partial charge is 0.207 e. The highest BCUT2D eigenvalue weighted by molar-refractivity contribution is 6.90. The Labute approximate surface area is 872 Å². The molecule has 0 aliphatic carbocycles. The highest BCUT2D eigenvalue weighted by atomic mass is 28.3. The highest BCUT2D eigenvalue weighted by Gasteiger charge is 2.30. The normalized spacial score (nSPS) is 12.2. The molecule has 0 N–H and O–H groups in total. The molecule has 0 saturated heterocycles. The fourth-order valence-electron chi connectivity index (χ4n) is 22.6. The van der Waals surface area contributed by atoms with Crippen LogP contribution >= 0.6 is 0 Å². The van der Waals surface area contributed by atoms with Crippen LogP contribution in [0.15, 0.2) is 400 Å². The summed E-state index contributed by atoms with van der Waals surface area (Å²) in [4.78, 5) is 0. The SMILES string of the molecule is CCc1ccc(-c2cc(-c3ccc(CC)cc3)c3ccc4c(-c5ccc(CC)cc5)cc(-c5ccc(CC)cc5)c5ccc2c3c54)cc1.C[Si](C)(C)c1ccc(-c2cc(-c3ccc([Si](C)(C)C)cc3)c3ccc4c(-c5ccc([Si](C)(C)C)cc5)cc(-c5ccc([Si](C)(C)C)cc5)c5ccc2c3c54)cc1.Fc1ccc(-c2cc(-c3ccc(F)cc3)c3ccc4c(-c5ccc(F)cc5)cc(-c5ccc(F)cc5)c5ccc2c3c54)cc1. The molecular weight excluding hydrogens is 1870 g/mol. The number of hydrogen-bond acceptors (Lipinski definition) is 0. The highest BCUT2D eigenvalue weighted by Crippen LogP contribution is 2.54. The zero-order valence-electron chi connectivity index (χ0n) is 87.4. The molecule has 0 aromatic heterocycles. The molecule has 0 radical (unpaired) electrons. The van der Waals surface area contributed by atoms with Crippen LogP contribution < -0.4 is 20.7 Å². The van der Waals surface area contributed by atoms with Gasteiger partial charge >= 0.3 is 0 Å². The van der Waals surface area contributed by atoms with E-state index >= 15 is 0 Å². The number of halogens is 4. The minimum atomic E-state index is -1.45. The Balaban J connectivity index is 0.000000127. The lowest BCUT2D eigenvalue weighted by Gasteiger charge is -2.23. The minimum absolute atomic E-state index is 0.321. The molecule has 0 aliphatic heterocycles. The molecule has 24 aromatic carbocycles. The molecule has 0 heterocycles. The van der Waals surface area contributed by atoms with Gasteiger partial charge in [0.25, 0.3) is 0 Å². The summed E-state index contributed by atoms with van der Waals surface area (Å²) in [7, 11) is -5.78. The number of hydrogen-bond donors (Lipinski definition) is 0. The van der Waals surface area contributed by atoms with Crippen molar-refractivity contribution in [3.8, 4) is 134 Å². The maximum atomic E-state index is 14.0. The van der Waals surface area contributed by atoms with Gasteiger partial charge in [-0.3, -0.25) is 0 Å². The molecule has 24 aromatic rings. The zero-order valence-corrected chi connectivity index (χ0v) is 91.4. The lowest BCUT2D eigenvalue weighted by Crippen LogP contribution is -2.37. The van der Waals surface area contributed by atoms with E-state index in [1.54, 1.807) is 48.5 Å². The first-order chi connectivity index (χ1) is 71.3. The first-order valence-electron chi connectivity index (χ1n) is 52.5. The Bertz CT molecular complexity index is 8070. The van der Waals surface area contributed by atoms with Gasteiger partial charge in [-0.05, 0) is 363 Å². The Hall–Kier alpha value is -15.0. The maximum absolute atomic E-state index is 14.0. The Morgan fingerprint density at radius 2 is 0.236 bits per heavy atom. The van der Waals surface area contributed by atoms with E-state index in [0.29, 0.717) is 0 Å². The van der Waals surface area contributed by atoms with E-state index in [9.17, 15) is 17.6 Å². The van der Waals surface area contributed by atoms with Gasteiger partial charge in [-0.2, -0.15) is 0 Å². The fraction of sp³-hybridized carbons (Fsp3) is 0.143. The van der Waals surface area contributed by atoms with Crippen molar-refractivity contribution in [3.05, 3.63) is 446 Å². The van der Waals surface area contributed by atoms with Crippen molar-refractivity contribution in [2.24, 2.45) is 0 Å². The third kappa shape index (κ3) is 18.4. The van der Waals surface area contributed by atoms with Gasteiger partial charge in [0, 0.05) is 0 Å².